The molecule has 2 N–H and O–H groups in total. The number of carbonyl (C=O) groups is 1. The van der Waals surface area contributed by atoms with Crippen LogP contribution in [-0.4, -0.2) is 50.9 Å². The minimum absolute atomic E-state index is 0.00925. The molecule has 1 fully saturated rings. The van der Waals surface area contributed by atoms with E-state index in [-0.39, 0.29) is 11.9 Å². The predicted octanol–water partition coefficient (Wildman–Crippen LogP) is 1.28. The van der Waals surface area contributed by atoms with Crippen molar-refractivity contribution in [1.29, 1.82) is 0 Å². The van der Waals surface area contributed by atoms with Crippen LogP contribution >= 0.6 is 0 Å². The van der Waals surface area contributed by atoms with E-state index in [0.717, 1.165) is 31.5 Å². The lowest BCUT2D eigenvalue weighted by Gasteiger charge is -2.35. The van der Waals surface area contributed by atoms with Crippen LogP contribution in [0.1, 0.15) is 31.0 Å². The maximum absolute atomic E-state index is 12.3. The molecule has 1 atom stereocenters. The first kappa shape index (κ1) is 16.3. The zero-order valence-electron chi connectivity index (χ0n) is 13.6. The molecule has 24 heavy (non-hydrogen) atoms. The summed E-state index contributed by atoms with van der Waals surface area (Å²) < 4.78 is 0. The van der Waals surface area contributed by atoms with Gasteiger partial charge < -0.3 is 15.5 Å². The normalized spacial score (nSPS) is 17.5. The molecule has 0 spiro atoms. The molecule has 0 unspecified atom stereocenters. The first-order valence-electron chi connectivity index (χ1n) is 8.08. The van der Waals surface area contributed by atoms with Gasteiger partial charge in [-0.3, -0.25) is 9.78 Å². The largest absolute Gasteiger partial charge is 0.333 e. The molecule has 0 bridgehead atoms. The van der Waals surface area contributed by atoms with E-state index in [2.05, 4.69) is 30.6 Å². The Bertz CT molecular complexity index is 679. The van der Waals surface area contributed by atoms with Crippen molar-refractivity contribution < 1.29 is 4.79 Å². The number of likely N-dealkylation sites (tertiary alicyclic amines) is 1. The van der Waals surface area contributed by atoms with Gasteiger partial charge in [-0.25, -0.2) is 15.0 Å². The SMILES string of the molecule is CNCC(=O)N1CCCC[C@@H]1c1ccnc(Nc2cnccn2)n1. The molecule has 2 aromatic heterocycles. The second-order valence-electron chi connectivity index (χ2n) is 5.65. The van der Waals surface area contributed by atoms with Crippen LogP contribution in [0, 0.1) is 0 Å². The molecule has 126 valence electrons. The summed E-state index contributed by atoms with van der Waals surface area (Å²) in [5.41, 5.74) is 0.848. The van der Waals surface area contributed by atoms with Crippen molar-refractivity contribution in [3.05, 3.63) is 36.5 Å². The van der Waals surface area contributed by atoms with Crippen LogP contribution in [0.3, 0.4) is 0 Å². The van der Waals surface area contributed by atoms with Crippen molar-refractivity contribution in [3.8, 4) is 0 Å². The van der Waals surface area contributed by atoms with Gasteiger partial charge in [0, 0.05) is 25.1 Å². The summed E-state index contributed by atoms with van der Waals surface area (Å²) >= 11 is 0. The van der Waals surface area contributed by atoms with E-state index < -0.39 is 0 Å². The van der Waals surface area contributed by atoms with E-state index >= 15 is 0 Å². The fourth-order valence-corrected chi connectivity index (χ4v) is 2.89. The maximum atomic E-state index is 12.3. The third-order valence-electron chi connectivity index (χ3n) is 3.97. The minimum atomic E-state index is -0.00925. The Morgan fingerprint density at radius 2 is 2.21 bits per heavy atom. The van der Waals surface area contributed by atoms with Crippen LogP contribution in [-0.2, 0) is 4.79 Å². The summed E-state index contributed by atoms with van der Waals surface area (Å²) in [6.07, 6.45) is 9.56. The summed E-state index contributed by atoms with van der Waals surface area (Å²) in [6, 6.07) is 1.86. The molecular formula is C16H21N7O. The monoisotopic (exact) mass is 327 g/mol. The zero-order valence-corrected chi connectivity index (χ0v) is 13.6. The third-order valence-corrected chi connectivity index (χ3v) is 3.97. The fraction of sp³-hybridized carbons (Fsp3) is 0.438. The molecule has 1 aliphatic rings. The Morgan fingerprint density at radius 3 is 3.00 bits per heavy atom. The molecule has 1 amide bonds. The fourth-order valence-electron chi connectivity index (χ4n) is 2.89. The molecule has 2 aromatic rings. The standard InChI is InChI=1S/C16H21N7O/c1-17-11-15(24)23-9-3-2-4-13(23)12-5-6-20-16(21-12)22-14-10-18-7-8-19-14/h5-8,10,13,17H,2-4,9,11H2,1H3,(H,19,20,21,22)/t13-/m1/s1. The lowest BCUT2D eigenvalue weighted by molar-refractivity contribution is -0.134. The maximum Gasteiger partial charge on any atom is 0.237 e. The van der Waals surface area contributed by atoms with Gasteiger partial charge in [0.15, 0.2) is 5.82 Å². The van der Waals surface area contributed by atoms with Crippen LogP contribution in [0.25, 0.3) is 0 Å². The Hall–Kier alpha value is -2.61. The summed E-state index contributed by atoms with van der Waals surface area (Å²) in [7, 11) is 1.78. The van der Waals surface area contributed by atoms with Crippen molar-refractivity contribution in [2.75, 3.05) is 25.5 Å². The lowest BCUT2D eigenvalue weighted by atomic mass is 9.99. The van der Waals surface area contributed by atoms with Gasteiger partial charge in [0.05, 0.1) is 24.5 Å². The highest BCUT2D eigenvalue weighted by Gasteiger charge is 2.28. The first-order chi connectivity index (χ1) is 11.8. The van der Waals surface area contributed by atoms with Crippen molar-refractivity contribution in [2.24, 2.45) is 0 Å². The second-order valence-corrected chi connectivity index (χ2v) is 5.65. The summed E-state index contributed by atoms with van der Waals surface area (Å²) in [5.74, 6) is 1.14. The number of hydrogen-bond acceptors (Lipinski definition) is 7. The van der Waals surface area contributed by atoms with Gasteiger partial charge in [0.2, 0.25) is 11.9 Å². The van der Waals surface area contributed by atoms with Gasteiger partial charge in [0.1, 0.15) is 0 Å². The number of nitrogens with zero attached hydrogens (tertiary/aromatic N) is 5. The van der Waals surface area contributed by atoms with E-state index in [9.17, 15) is 4.79 Å². The van der Waals surface area contributed by atoms with Gasteiger partial charge in [-0.2, -0.15) is 0 Å². The topological polar surface area (TPSA) is 95.9 Å². The number of amides is 1. The average molecular weight is 327 g/mol. The Morgan fingerprint density at radius 1 is 1.29 bits per heavy atom. The van der Waals surface area contributed by atoms with E-state index in [1.165, 1.54) is 0 Å². The molecule has 3 rings (SSSR count). The Balaban J connectivity index is 1.79. The number of carbonyl (C=O) groups excluding carboxylic acids is 1. The number of anilines is 2. The summed E-state index contributed by atoms with van der Waals surface area (Å²) in [6.45, 7) is 1.11. The quantitative estimate of drug-likeness (QED) is 0.854. The molecule has 1 aliphatic heterocycles. The molecule has 1 saturated heterocycles. The van der Waals surface area contributed by atoms with Gasteiger partial charge in [0.25, 0.3) is 0 Å². The van der Waals surface area contributed by atoms with Gasteiger partial charge in [-0.1, -0.05) is 0 Å². The first-order valence-corrected chi connectivity index (χ1v) is 8.08. The van der Waals surface area contributed by atoms with E-state index in [1.54, 1.807) is 31.8 Å². The van der Waals surface area contributed by atoms with Crippen molar-refractivity contribution in [3.63, 3.8) is 0 Å². The number of hydrogen-bond donors (Lipinski definition) is 2. The molecule has 0 aromatic carbocycles. The molecule has 3 heterocycles. The molecule has 8 heteroatoms. The smallest absolute Gasteiger partial charge is 0.237 e. The highest BCUT2D eigenvalue weighted by Crippen LogP contribution is 2.30. The van der Waals surface area contributed by atoms with Crippen LogP contribution in [0.5, 0.6) is 0 Å². The average Bonchev–Trinajstić information content (AvgIpc) is 2.63. The molecular weight excluding hydrogens is 306 g/mol. The highest BCUT2D eigenvalue weighted by molar-refractivity contribution is 5.78. The number of aromatic nitrogens is 4. The van der Waals surface area contributed by atoms with E-state index in [4.69, 9.17) is 0 Å². The van der Waals surface area contributed by atoms with Gasteiger partial charge in [-0.15, -0.1) is 0 Å². The molecule has 0 aliphatic carbocycles. The van der Waals surface area contributed by atoms with E-state index in [0.29, 0.717) is 18.3 Å². The number of likely N-dealkylation sites (N-methyl/N-ethyl adjacent to an activating group) is 1. The zero-order chi connectivity index (χ0) is 16.8. The molecule has 0 saturated carbocycles. The second kappa shape index (κ2) is 7.78. The van der Waals surface area contributed by atoms with Crippen molar-refractivity contribution >= 4 is 17.7 Å². The molecule has 0 radical (unpaired) electrons. The van der Waals surface area contributed by atoms with Gasteiger partial charge >= 0.3 is 0 Å². The lowest BCUT2D eigenvalue weighted by Crippen LogP contribution is -2.42. The summed E-state index contributed by atoms with van der Waals surface area (Å²) in [4.78, 5) is 31.2. The van der Waals surface area contributed by atoms with Crippen LogP contribution in [0.2, 0.25) is 0 Å². The van der Waals surface area contributed by atoms with Crippen molar-refractivity contribution in [1.82, 2.24) is 30.2 Å². The third kappa shape index (κ3) is 3.83. The van der Waals surface area contributed by atoms with Crippen LogP contribution < -0.4 is 10.6 Å². The van der Waals surface area contributed by atoms with Crippen LogP contribution in [0.4, 0.5) is 11.8 Å². The minimum Gasteiger partial charge on any atom is -0.333 e. The van der Waals surface area contributed by atoms with Crippen molar-refractivity contribution in [2.45, 2.75) is 25.3 Å². The number of nitrogens with one attached hydrogen (secondary N) is 2. The number of rotatable bonds is 5. The van der Waals surface area contributed by atoms with Crippen LogP contribution in [0.15, 0.2) is 30.9 Å². The molecule has 8 nitrogen and oxygen atoms in total. The highest BCUT2D eigenvalue weighted by atomic mass is 16.2. The van der Waals surface area contributed by atoms with E-state index in [1.807, 2.05) is 11.0 Å². The van der Waals surface area contributed by atoms with Gasteiger partial charge in [-0.05, 0) is 32.4 Å². The predicted molar refractivity (Wildman–Crippen MR) is 89.6 cm³/mol. The number of piperidine rings is 1. The Labute approximate surface area is 140 Å². The summed E-state index contributed by atoms with van der Waals surface area (Å²) in [5, 5.41) is 5.97. The Kier molecular flexibility index (Phi) is 5.27.